The molecule has 0 saturated carbocycles. The number of amides is 1. The fraction of sp³-hybridized carbons (Fsp3) is 0.500. The lowest BCUT2D eigenvalue weighted by Gasteiger charge is -2.20. The first-order valence-electron chi connectivity index (χ1n) is 7.36. The highest BCUT2D eigenvalue weighted by atomic mass is 16.3. The van der Waals surface area contributed by atoms with Crippen LogP contribution in [-0.2, 0) is 11.3 Å². The Morgan fingerprint density at radius 2 is 2.09 bits per heavy atom. The Balaban J connectivity index is 2.43. The van der Waals surface area contributed by atoms with Crippen LogP contribution in [0, 0.1) is 5.92 Å². The molecule has 2 aromatic rings. The van der Waals surface area contributed by atoms with Crippen molar-refractivity contribution in [1.82, 2.24) is 9.55 Å². The van der Waals surface area contributed by atoms with Crippen LogP contribution in [0.3, 0.4) is 0 Å². The molecule has 0 unspecified atom stereocenters. The normalized spacial score (nSPS) is 12.1. The van der Waals surface area contributed by atoms with Gasteiger partial charge in [-0.3, -0.25) is 4.79 Å². The van der Waals surface area contributed by atoms with E-state index in [1.54, 1.807) is 30.4 Å². The van der Waals surface area contributed by atoms with E-state index in [2.05, 4.69) is 4.98 Å². The van der Waals surface area contributed by atoms with Gasteiger partial charge in [-0.2, -0.15) is 0 Å². The lowest BCUT2D eigenvalue weighted by atomic mass is 10.1. The minimum absolute atomic E-state index is 0.0447. The van der Waals surface area contributed by atoms with Gasteiger partial charge in [-0.05, 0) is 32.0 Å². The first-order chi connectivity index (χ1) is 10.1. The summed E-state index contributed by atoms with van der Waals surface area (Å²) < 4.78 is 1.78. The number of anilines is 2. The lowest BCUT2D eigenvalue weighted by molar-refractivity contribution is -0.121. The third-order valence-corrected chi connectivity index (χ3v) is 3.52. The van der Waals surface area contributed by atoms with Gasteiger partial charge in [0.25, 0.3) is 0 Å². The number of benzene rings is 1. The summed E-state index contributed by atoms with van der Waals surface area (Å²) >= 11 is 0. The summed E-state index contributed by atoms with van der Waals surface area (Å²) in [5.41, 5.74) is 7.40. The molecule has 0 aliphatic carbocycles. The highest BCUT2D eigenvalue weighted by Crippen LogP contribution is 2.25. The molecule has 1 heterocycles. The molecule has 0 bridgehead atoms. The number of hydrogen-bond donors (Lipinski definition) is 2. The average Bonchev–Trinajstić information content (AvgIpc) is 2.70. The second-order valence-corrected chi connectivity index (χ2v) is 6.59. The van der Waals surface area contributed by atoms with E-state index in [1.807, 2.05) is 32.0 Å². The average molecular weight is 304 g/mol. The summed E-state index contributed by atoms with van der Waals surface area (Å²) in [5, 5.41) is 9.99. The molecule has 120 valence electrons. The number of nitrogens with two attached hydrogens (primary N) is 1. The number of carbonyl (C=O) groups excluding carboxylic acids is 1. The van der Waals surface area contributed by atoms with E-state index >= 15 is 0 Å². The van der Waals surface area contributed by atoms with E-state index < -0.39 is 5.60 Å². The topological polar surface area (TPSA) is 84.4 Å². The Labute approximate surface area is 130 Å². The number of hydrogen-bond acceptors (Lipinski definition) is 4. The van der Waals surface area contributed by atoms with Crippen LogP contribution < -0.4 is 10.6 Å². The van der Waals surface area contributed by atoms with Gasteiger partial charge < -0.3 is 20.3 Å². The van der Waals surface area contributed by atoms with Crippen molar-refractivity contribution >= 4 is 28.6 Å². The standard InChI is InChI=1S/C16H24N4O2/c1-10(2)14(21)19(5)11-6-7-13-12(8-11)18-15(17)20(13)9-16(3,4)22/h6-8,10,22H,9H2,1-5H3,(H2,17,18). The highest BCUT2D eigenvalue weighted by molar-refractivity contribution is 5.96. The van der Waals surface area contributed by atoms with E-state index in [0.29, 0.717) is 18.0 Å². The molecule has 1 amide bonds. The van der Waals surface area contributed by atoms with Crippen LogP contribution in [0.25, 0.3) is 11.0 Å². The molecular weight excluding hydrogens is 280 g/mol. The van der Waals surface area contributed by atoms with Gasteiger partial charge in [0.2, 0.25) is 11.9 Å². The maximum atomic E-state index is 12.1. The molecule has 0 radical (unpaired) electrons. The summed E-state index contributed by atoms with van der Waals surface area (Å²) in [6.45, 7) is 7.54. The Morgan fingerprint density at radius 1 is 1.45 bits per heavy atom. The van der Waals surface area contributed by atoms with Crippen molar-refractivity contribution in [3.05, 3.63) is 18.2 Å². The number of nitrogens with zero attached hydrogens (tertiary/aromatic N) is 3. The van der Waals surface area contributed by atoms with Crippen LogP contribution in [0.1, 0.15) is 27.7 Å². The molecule has 0 saturated heterocycles. The van der Waals surface area contributed by atoms with Crippen molar-refractivity contribution in [3.8, 4) is 0 Å². The van der Waals surface area contributed by atoms with Gasteiger partial charge in [0, 0.05) is 18.7 Å². The summed E-state index contributed by atoms with van der Waals surface area (Å²) in [7, 11) is 1.75. The number of rotatable bonds is 4. The van der Waals surface area contributed by atoms with E-state index in [4.69, 9.17) is 5.73 Å². The summed E-state index contributed by atoms with van der Waals surface area (Å²) in [5.74, 6) is 0.328. The van der Waals surface area contributed by atoms with Crippen molar-refractivity contribution in [2.75, 3.05) is 17.7 Å². The van der Waals surface area contributed by atoms with Gasteiger partial charge in [0.15, 0.2) is 0 Å². The summed E-state index contributed by atoms with van der Waals surface area (Å²) in [4.78, 5) is 18.0. The first-order valence-corrected chi connectivity index (χ1v) is 7.36. The number of nitrogen functional groups attached to an aromatic ring is 1. The second kappa shape index (κ2) is 5.61. The molecule has 0 atom stereocenters. The van der Waals surface area contributed by atoms with Crippen LogP contribution in [0.2, 0.25) is 0 Å². The Bertz CT molecular complexity index is 698. The minimum atomic E-state index is -0.884. The van der Waals surface area contributed by atoms with Crippen molar-refractivity contribution in [1.29, 1.82) is 0 Å². The molecule has 0 spiro atoms. The summed E-state index contributed by atoms with van der Waals surface area (Å²) in [6.07, 6.45) is 0. The predicted molar refractivity (Wildman–Crippen MR) is 88.7 cm³/mol. The Morgan fingerprint density at radius 3 is 2.64 bits per heavy atom. The van der Waals surface area contributed by atoms with Crippen molar-refractivity contribution in [2.24, 2.45) is 5.92 Å². The van der Waals surface area contributed by atoms with Crippen LogP contribution in [0.15, 0.2) is 18.2 Å². The molecule has 0 fully saturated rings. The highest BCUT2D eigenvalue weighted by Gasteiger charge is 2.19. The molecular formula is C16H24N4O2. The maximum absolute atomic E-state index is 12.1. The van der Waals surface area contributed by atoms with Gasteiger partial charge in [-0.25, -0.2) is 4.98 Å². The zero-order valence-corrected chi connectivity index (χ0v) is 13.8. The molecule has 6 heteroatoms. The largest absolute Gasteiger partial charge is 0.389 e. The van der Waals surface area contributed by atoms with E-state index in [9.17, 15) is 9.90 Å². The zero-order valence-electron chi connectivity index (χ0n) is 13.8. The number of aliphatic hydroxyl groups is 1. The molecule has 0 aliphatic rings. The van der Waals surface area contributed by atoms with Gasteiger partial charge in [0.05, 0.1) is 23.2 Å². The molecule has 0 aliphatic heterocycles. The lowest BCUT2D eigenvalue weighted by Crippen LogP contribution is -2.30. The quantitative estimate of drug-likeness (QED) is 0.905. The van der Waals surface area contributed by atoms with Gasteiger partial charge in [-0.15, -0.1) is 0 Å². The molecule has 2 rings (SSSR count). The first kappa shape index (κ1) is 16.3. The predicted octanol–water partition coefficient (Wildman–Crippen LogP) is 2.01. The minimum Gasteiger partial charge on any atom is -0.389 e. The van der Waals surface area contributed by atoms with Crippen LogP contribution in [-0.4, -0.2) is 33.2 Å². The zero-order chi connectivity index (χ0) is 16.7. The van der Waals surface area contributed by atoms with Gasteiger partial charge >= 0.3 is 0 Å². The van der Waals surface area contributed by atoms with Crippen LogP contribution in [0.5, 0.6) is 0 Å². The van der Waals surface area contributed by atoms with Gasteiger partial charge in [-0.1, -0.05) is 13.8 Å². The summed E-state index contributed by atoms with van der Waals surface area (Å²) in [6, 6.07) is 5.58. The van der Waals surface area contributed by atoms with E-state index in [0.717, 1.165) is 11.2 Å². The SMILES string of the molecule is CC(C)C(=O)N(C)c1ccc2c(c1)nc(N)n2CC(C)(C)O. The third-order valence-electron chi connectivity index (χ3n) is 3.52. The monoisotopic (exact) mass is 304 g/mol. The number of imidazole rings is 1. The van der Waals surface area contributed by atoms with E-state index in [1.165, 1.54) is 0 Å². The van der Waals surface area contributed by atoms with Crippen LogP contribution in [0.4, 0.5) is 11.6 Å². The van der Waals surface area contributed by atoms with Gasteiger partial charge in [0.1, 0.15) is 0 Å². The molecule has 1 aromatic heterocycles. The number of fused-ring (bicyclic) bond motifs is 1. The molecule has 6 nitrogen and oxygen atoms in total. The fourth-order valence-corrected chi connectivity index (χ4v) is 2.41. The smallest absolute Gasteiger partial charge is 0.229 e. The number of aromatic nitrogens is 2. The Kier molecular flexibility index (Phi) is 4.15. The second-order valence-electron chi connectivity index (χ2n) is 6.59. The molecule has 3 N–H and O–H groups in total. The molecule has 1 aromatic carbocycles. The van der Waals surface area contributed by atoms with E-state index in [-0.39, 0.29) is 11.8 Å². The van der Waals surface area contributed by atoms with Crippen molar-refractivity contribution in [2.45, 2.75) is 39.8 Å². The molecule has 22 heavy (non-hydrogen) atoms. The third kappa shape index (κ3) is 3.22. The Hall–Kier alpha value is -2.08. The fourth-order valence-electron chi connectivity index (χ4n) is 2.41. The van der Waals surface area contributed by atoms with Crippen LogP contribution >= 0.6 is 0 Å². The van der Waals surface area contributed by atoms with Crippen molar-refractivity contribution < 1.29 is 9.90 Å². The number of carbonyl (C=O) groups is 1. The maximum Gasteiger partial charge on any atom is 0.229 e. The van der Waals surface area contributed by atoms with Crippen molar-refractivity contribution in [3.63, 3.8) is 0 Å².